The molecule has 1 aromatic heterocycles. The molecule has 41 heavy (non-hydrogen) atoms. The van der Waals surface area contributed by atoms with Crippen LogP contribution in [0.5, 0.6) is 11.5 Å². The number of piperazine rings is 1. The van der Waals surface area contributed by atoms with Crippen molar-refractivity contribution < 1.29 is 24.2 Å². The number of aromatic hydroxyl groups is 1. The molecule has 6 rings (SSSR count). The fourth-order valence-corrected chi connectivity index (χ4v) is 6.67. The standard InChI is InChI=1S/C31H39N5O5/c1-4-31-20-25-24-19-23(41-17-16-40-3)8-9-26(24)32-27(25)28(21-6-5-7-22(37)18-21)36(31)30(39)35(29(31)38)15-14-34-12-10-33(2)11-13-34/h5-9,18-19,28,32,37H,4,10-17,20H2,1-3H3. The normalized spacial score (nSPS) is 23.3. The number of hydrogen-bond acceptors (Lipinski definition) is 7. The van der Waals surface area contributed by atoms with Gasteiger partial charge in [-0.05, 0) is 54.9 Å². The van der Waals surface area contributed by atoms with Crippen molar-refractivity contribution in [2.24, 2.45) is 0 Å². The van der Waals surface area contributed by atoms with Crippen LogP contribution in [0.3, 0.4) is 0 Å². The minimum atomic E-state index is -1.02. The molecule has 4 heterocycles. The Bertz CT molecular complexity index is 1450. The maximum Gasteiger partial charge on any atom is 0.328 e. The molecule has 0 aliphatic carbocycles. The van der Waals surface area contributed by atoms with Crippen molar-refractivity contribution in [2.75, 3.05) is 66.6 Å². The number of nitrogens with one attached hydrogen (secondary N) is 1. The lowest BCUT2D eigenvalue weighted by molar-refractivity contribution is -0.134. The first-order valence-corrected chi connectivity index (χ1v) is 14.5. The Kier molecular flexibility index (Phi) is 7.39. The largest absolute Gasteiger partial charge is 0.508 e. The van der Waals surface area contributed by atoms with Gasteiger partial charge in [0.15, 0.2) is 0 Å². The van der Waals surface area contributed by atoms with Gasteiger partial charge in [-0.2, -0.15) is 0 Å². The molecule has 3 amide bonds. The van der Waals surface area contributed by atoms with Crippen molar-refractivity contribution >= 4 is 22.8 Å². The number of benzene rings is 2. The molecule has 0 radical (unpaired) electrons. The highest BCUT2D eigenvalue weighted by Crippen LogP contribution is 2.50. The molecule has 0 spiro atoms. The molecule has 2 aromatic carbocycles. The van der Waals surface area contributed by atoms with E-state index in [0.29, 0.717) is 39.1 Å². The number of urea groups is 1. The third-order valence-corrected chi connectivity index (χ3v) is 9.02. The summed E-state index contributed by atoms with van der Waals surface area (Å²) in [6.07, 6.45) is 0.888. The average molecular weight is 562 g/mol. The lowest BCUT2D eigenvalue weighted by Crippen LogP contribution is -2.55. The molecule has 0 saturated carbocycles. The van der Waals surface area contributed by atoms with Crippen LogP contribution in [0.15, 0.2) is 42.5 Å². The highest BCUT2D eigenvalue weighted by atomic mass is 16.5. The van der Waals surface area contributed by atoms with Crippen LogP contribution in [-0.4, -0.2) is 114 Å². The van der Waals surface area contributed by atoms with E-state index in [-0.39, 0.29) is 17.7 Å². The summed E-state index contributed by atoms with van der Waals surface area (Å²) < 4.78 is 11.0. The maximum absolute atomic E-state index is 14.3. The summed E-state index contributed by atoms with van der Waals surface area (Å²) >= 11 is 0. The van der Waals surface area contributed by atoms with Gasteiger partial charge in [0.05, 0.1) is 6.61 Å². The van der Waals surface area contributed by atoms with Crippen LogP contribution in [0.2, 0.25) is 0 Å². The summed E-state index contributed by atoms with van der Waals surface area (Å²) in [5.74, 6) is 0.698. The summed E-state index contributed by atoms with van der Waals surface area (Å²) in [4.78, 5) is 40.0. The first kappa shape index (κ1) is 27.6. The number of nitrogens with zero attached hydrogens (tertiary/aromatic N) is 4. The van der Waals surface area contributed by atoms with E-state index in [1.165, 1.54) is 4.90 Å². The van der Waals surface area contributed by atoms with E-state index in [9.17, 15) is 14.7 Å². The molecular formula is C31H39N5O5. The highest BCUT2D eigenvalue weighted by Gasteiger charge is 2.61. The fraction of sp³-hybridized carbons (Fsp3) is 0.484. The van der Waals surface area contributed by atoms with E-state index in [4.69, 9.17) is 9.47 Å². The predicted octanol–water partition coefficient (Wildman–Crippen LogP) is 3.20. The molecule has 2 unspecified atom stereocenters. The van der Waals surface area contributed by atoms with Crippen LogP contribution in [0, 0.1) is 0 Å². The summed E-state index contributed by atoms with van der Waals surface area (Å²) in [5, 5.41) is 11.4. The number of carbonyl (C=O) groups excluding carboxylic acids is 2. The molecule has 3 aromatic rings. The second kappa shape index (κ2) is 11.0. The molecule has 10 nitrogen and oxygen atoms in total. The summed E-state index contributed by atoms with van der Waals surface area (Å²) in [5.41, 5.74) is 2.52. The zero-order chi connectivity index (χ0) is 28.7. The van der Waals surface area contributed by atoms with Crippen LogP contribution in [0.1, 0.15) is 36.2 Å². The van der Waals surface area contributed by atoms with Gasteiger partial charge >= 0.3 is 6.03 Å². The van der Waals surface area contributed by atoms with Gasteiger partial charge in [0.25, 0.3) is 5.91 Å². The zero-order valence-corrected chi connectivity index (χ0v) is 24.1. The number of H-pyrrole nitrogens is 1. The second-order valence-electron chi connectivity index (χ2n) is 11.4. The third kappa shape index (κ3) is 4.73. The Morgan fingerprint density at radius 2 is 1.85 bits per heavy atom. The van der Waals surface area contributed by atoms with Crippen molar-refractivity contribution in [3.05, 3.63) is 59.3 Å². The number of imide groups is 1. The molecule has 2 N–H and O–H groups in total. The molecular weight excluding hydrogens is 522 g/mol. The van der Waals surface area contributed by atoms with Crippen molar-refractivity contribution in [2.45, 2.75) is 31.3 Å². The van der Waals surface area contributed by atoms with Gasteiger partial charge in [-0.15, -0.1) is 0 Å². The van der Waals surface area contributed by atoms with Crippen LogP contribution in [-0.2, 0) is 16.0 Å². The quantitative estimate of drug-likeness (QED) is 0.306. The number of likely N-dealkylation sites (N-methyl/N-ethyl adjacent to an activating group) is 1. The molecule has 10 heteroatoms. The van der Waals surface area contributed by atoms with E-state index in [0.717, 1.165) is 59.7 Å². The first-order chi connectivity index (χ1) is 19.9. The number of aromatic nitrogens is 1. The Hall–Kier alpha value is -3.60. The molecule has 0 bridgehead atoms. The van der Waals surface area contributed by atoms with Gasteiger partial charge < -0.3 is 24.5 Å². The fourth-order valence-electron chi connectivity index (χ4n) is 6.67. The second-order valence-corrected chi connectivity index (χ2v) is 11.4. The van der Waals surface area contributed by atoms with Crippen LogP contribution < -0.4 is 4.74 Å². The lowest BCUT2D eigenvalue weighted by atomic mass is 9.78. The zero-order valence-electron chi connectivity index (χ0n) is 24.1. The summed E-state index contributed by atoms with van der Waals surface area (Å²) in [6, 6.07) is 12.1. The van der Waals surface area contributed by atoms with E-state index < -0.39 is 11.6 Å². The van der Waals surface area contributed by atoms with Crippen molar-refractivity contribution in [1.29, 1.82) is 0 Å². The first-order valence-electron chi connectivity index (χ1n) is 14.5. The summed E-state index contributed by atoms with van der Waals surface area (Å²) in [7, 11) is 3.75. The predicted molar refractivity (Wildman–Crippen MR) is 155 cm³/mol. The lowest BCUT2D eigenvalue weighted by Gasteiger charge is -2.44. The highest BCUT2D eigenvalue weighted by molar-refractivity contribution is 6.08. The maximum atomic E-state index is 14.3. The van der Waals surface area contributed by atoms with Gasteiger partial charge in [0.2, 0.25) is 0 Å². The Labute approximate surface area is 240 Å². The van der Waals surface area contributed by atoms with E-state index in [1.54, 1.807) is 30.2 Å². The van der Waals surface area contributed by atoms with Gasteiger partial charge in [-0.3, -0.25) is 19.5 Å². The van der Waals surface area contributed by atoms with E-state index in [1.807, 2.05) is 31.2 Å². The van der Waals surface area contributed by atoms with Gasteiger partial charge in [-0.25, -0.2) is 4.79 Å². The number of methoxy groups -OCH3 is 1. The summed E-state index contributed by atoms with van der Waals surface area (Å²) in [6.45, 7) is 7.72. The third-order valence-electron chi connectivity index (χ3n) is 9.02. The van der Waals surface area contributed by atoms with E-state index >= 15 is 0 Å². The molecule has 218 valence electrons. The van der Waals surface area contributed by atoms with Crippen LogP contribution in [0.4, 0.5) is 4.79 Å². The smallest absolute Gasteiger partial charge is 0.328 e. The van der Waals surface area contributed by atoms with Gasteiger partial charge in [0, 0.05) is 69.4 Å². The topological polar surface area (TPSA) is 102 Å². The van der Waals surface area contributed by atoms with Gasteiger partial charge in [-0.1, -0.05) is 19.1 Å². The molecule has 3 aliphatic rings. The Balaban J connectivity index is 1.41. The number of rotatable bonds is 9. The molecule has 2 saturated heterocycles. The number of phenols is 1. The molecule has 3 aliphatic heterocycles. The van der Waals surface area contributed by atoms with Gasteiger partial charge in [0.1, 0.15) is 29.7 Å². The Morgan fingerprint density at radius 3 is 2.59 bits per heavy atom. The molecule has 2 fully saturated rings. The SMILES string of the molecule is CCC12Cc3c([nH]c4ccc(OCCOC)cc34)C(c3cccc(O)c3)N1C(=O)N(CCN1CCN(C)CC1)C2=O. The minimum Gasteiger partial charge on any atom is -0.508 e. The number of fused-ring (bicyclic) bond motifs is 4. The average Bonchev–Trinajstić information content (AvgIpc) is 3.43. The number of amides is 3. The van der Waals surface area contributed by atoms with Crippen molar-refractivity contribution in [1.82, 2.24) is 24.6 Å². The van der Waals surface area contributed by atoms with Crippen LogP contribution in [0.25, 0.3) is 10.9 Å². The van der Waals surface area contributed by atoms with Crippen molar-refractivity contribution in [3.63, 3.8) is 0 Å². The number of aromatic amines is 1. The Morgan fingerprint density at radius 1 is 1.05 bits per heavy atom. The monoisotopic (exact) mass is 561 g/mol. The van der Waals surface area contributed by atoms with Crippen LogP contribution >= 0.6 is 0 Å². The number of phenolic OH excluding ortho intramolecular Hbond substituents is 1. The number of carbonyl (C=O) groups is 2. The number of hydrogen-bond donors (Lipinski definition) is 2. The number of ether oxygens (including phenoxy) is 2. The van der Waals surface area contributed by atoms with E-state index in [2.05, 4.69) is 21.8 Å². The van der Waals surface area contributed by atoms with Crippen molar-refractivity contribution in [3.8, 4) is 11.5 Å². The molecule has 2 atom stereocenters. The minimum absolute atomic E-state index is 0.117.